The van der Waals surface area contributed by atoms with E-state index >= 15 is 0 Å². The van der Waals surface area contributed by atoms with Gasteiger partial charge in [-0.1, -0.05) is 18.2 Å². The monoisotopic (exact) mass is 221 g/mol. The number of nitrogens with two attached hydrogens (primary N) is 1. The van der Waals surface area contributed by atoms with E-state index < -0.39 is 0 Å². The topological polar surface area (TPSA) is 44.5 Å². The molecule has 3 nitrogen and oxygen atoms in total. The number of benzene rings is 1. The summed E-state index contributed by atoms with van der Waals surface area (Å²) in [5.74, 6) is 0.927. The van der Waals surface area contributed by atoms with Crippen LogP contribution in [-0.4, -0.2) is 25.4 Å². The molecule has 16 heavy (non-hydrogen) atoms. The molecule has 0 bridgehead atoms. The van der Waals surface area contributed by atoms with E-state index in [0.717, 1.165) is 38.2 Å². The summed E-state index contributed by atoms with van der Waals surface area (Å²) >= 11 is 0. The highest BCUT2D eigenvalue weighted by atomic mass is 16.5. The number of hydrogen-bond acceptors (Lipinski definition) is 3. The highest BCUT2D eigenvalue weighted by Gasteiger charge is 2.29. The molecule has 0 aliphatic carbocycles. The average Bonchev–Trinajstić information content (AvgIpc) is 2.74. The molecule has 1 fully saturated rings. The maximum atomic E-state index is 6.16. The molecule has 0 aromatic heterocycles. The molecule has 0 saturated carbocycles. The molecule has 0 amide bonds. The lowest BCUT2D eigenvalue weighted by Gasteiger charge is -2.21. The smallest absolute Gasteiger partial charge is 0.119 e. The zero-order valence-electron chi connectivity index (χ0n) is 9.52. The summed E-state index contributed by atoms with van der Waals surface area (Å²) in [7, 11) is 0. The Bertz CT molecular complexity index is 307. The van der Waals surface area contributed by atoms with Gasteiger partial charge in [-0.15, -0.1) is 0 Å². The first-order chi connectivity index (χ1) is 7.79. The second-order valence-corrected chi connectivity index (χ2v) is 4.43. The Hall–Kier alpha value is -1.06. The lowest BCUT2D eigenvalue weighted by Crippen LogP contribution is -2.40. The summed E-state index contributed by atoms with van der Waals surface area (Å²) in [5, 5.41) is 0. The van der Waals surface area contributed by atoms with Crippen LogP contribution in [0.25, 0.3) is 0 Å². The molecule has 2 N–H and O–H groups in total. The fraction of sp³-hybridized carbons (Fsp3) is 0.538. The largest absolute Gasteiger partial charge is 0.494 e. The molecule has 1 aliphatic heterocycles. The van der Waals surface area contributed by atoms with Crippen LogP contribution in [0.5, 0.6) is 5.75 Å². The molecule has 1 atom stereocenters. The quantitative estimate of drug-likeness (QED) is 0.773. The number of rotatable bonds is 5. The first-order valence-electron chi connectivity index (χ1n) is 5.83. The van der Waals surface area contributed by atoms with E-state index in [1.807, 2.05) is 30.3 Å². The van der Waals surface area contributed by atoms with Crippen LogP contribution in [0.3, 0.4) is 0 Å². The van der Waals surface area contributed by atoms with Crippen molar-refractivity contribution in [3.63, 3.8) is 0 Å². The summed E-state index contributed by atoms with van der Waals surface area (Å²) in [6, 6.07) is 9.88. The highest BCUT2D eigenvalue weighted by Crippen LogP contribution is 2.21. The second kappa shape index (κ2) is 5.32. The van der Waals surface area contributed by atoms with Gasteiger partial charge in [-0.05, 0) is 31.4 Å². The molecule has 3 heteroatoms. The molecule has 0 radical (unpaired) electrons. The first-order valence-corrected chi connectivity index (χ1v) is 5.83. The van der Waals surface area contributed by atoms with Crippen LogP contribution < -0.4 is 10.5 Å². The lowest BCUT2D eigenvalue weighted by atomic mass is 9.94. The summed E-state index contributed by atoms with van der Waals surface area (Å²) in [5.41, 5.74) is 6.05. The SMILES string of the molecule is NC1(CCCOc2ccccc2)CCOC1. The first kappa shape index (κ1) is 11.4. The van der Waals surface area contributed by atoms with Gasteiger partial charge in [0.1, 0.15) is 5.75 Å². The zero-order chi connectivity index (χ0) is 11.3. The van der Waals surface area contributed by atoms with Crippen molar-refractivity contribution in [2.45, 2.75) is 24.8 Å². The number of para-hydroxylation sites is 1. The van der Waals surface area contributed by atoms with Crippen LogP contribution in [0.4, 0.5) is 0 Å². The van der Waals surface area contributed by atoms with Crippen LogP contribution in [0.15, 0.2) is 30.3 Å². The van der Waals surface area contributed by atoms with Crippen LogP contribution in [0.2, 0.25) is 0 Å². The second-order valence-electron chi connectivity index (χ2n) is 4.43. The van der Waals surface area contributed by atoms with Crippen LogP contribution in [0.1, 0.15) is 19.3 Å². The van der Waals surface area contributed by atoms with Gasteiger partial charge in [0, 0.05) is 12.1 Å². The molecule has 88 valence electrons. The maximum absolute atomic E-state index is 6.16. The third-order valence-electron chi connectivity index (χ3n) is 2.96. The Morgan fingerprint density at radius 2 is 2.12 bits per heavy atom. The van der Waals surface area contributed by atoms with Gasteiger partial charge in [-0.25, -0.2) is 0 Å². The summed E-state index contributed by atoms with van der Waals surface area (Å²) in [4.78, 5) is 0. The van der Waals surface area contributed by atoms with Crippen LogP contribution in [0, 0.1) is 0 Å². The fourth-order valence-electron chi connectivity index (χ4n) is 1.95. The summed E-state index contributed by atoms with van der Waals surface area (Å²) in [6.45, 7) is 2.22. The van der Waals surface area contributed by atoms with E-state index in [4.69, 9.17) is 15.2 Å². The van der Waals surface area contributed by atoms with Gasteiger partial charge in [0.05, 0.1) is 13.2 Å². The number of hydrogen-bond donors (Lipinski definition) is 1. The molecular formula is C13H19NO2. The van der Waals surface area contributed by atoms with Gasteiger partial charge >= 0.3 is 0 Å². The van der Waals surface area contributed by atoms with Crippen molar-refractivity contribution in [3.8, 4) is 5.75 Å². The van der Waals surface area contributed by atoms with Crippen molar-refractivity contribution in [2.75, 3.05) is 19.8 Å². The lowest BCUT2D eigenvalue weighted by molar-refractivity contribution is 0.172. The standard InChI is InChI=1S/C13H19NO2/c14-13(8-10-15-11-13)7-4-9-16-12-5-2-1-3-6-12/h1-3,5-6H,4,7-11,14H2. The van der Waals surface area contributed by atoms with Gasteiger partial charge in [0.25, 0.3) is 0 Å². The van der Waals surface area contributed by atoms with Crippen molar-refractivity contribution in [3.05, 3.63) is 30.3 Å². The molecule has 2 rings (SSSR count). The van der Waals surface area contributed by atoms with E-state index in [1.54, 1.807) is 0 Å². The van der Waals surface area contributed by atoms with Gasteiger partial charge in [0.15, 0.2) is 0 Å². The Morgan fingerprint density at radius 3 is 2.81 bits per heavy atom. The Morgan fingerprint density at radius 1 is 1.31 bits per heavy atom. The van der Waals surface area contributed by atoms with Crippen molar-refractivity contribution in [2.24, 2.45) is 5.73 Å². The van der Waals surface area contributed by atoms with Crippen molar-refractivity contribution in [1.82, 2.24) is 0 Å². The molecule has 1 heterocycles. The van der Waals surface area contributed by atoms with E-state index in [9.17, 15) is 0 Å². The van der Waals surface area contributed by atoms with E-state index in [-0.39, 0.29) is 5.54 Å². The third-order valence-corrected chi connectivity index (χ3v) is 2.96. The van der Waals surface area contributed by atoms with E-state index in [1.165, 1.54) is 0 Å². The van der Waals surface area contributed by atoms with Crippen LogP contribution in [-0.2, 0) is 4.74 Å². The normalized spacial score (nSPS) is 24.6. The highest BCUT2D eigenvalue weighted by molar-refractivity contribution is 5.20. The minimum atomic E-state index is -0.111. The predicted octanol–water partition coefficient (Wildman–Crippen LogP) is 1.96. The van der Waals surface area contributed by atoms with Gasteiger partial charge in [-0.3, -0.25) is 0 Å². The molecular weight excluding hydrogens is 202 g/mol. The Balaban J connectivity index is 1.65. The van der Waals surface area contributed by atoms with Crippen molar-refractivity contribution < 1.29 is 9.47 Å². The van der Waals surface area contributed by atoms with Gasteiger partial charge < -0.3 is 15.2 Å². The number of ether oxygens (including phenoxy) is 2. The molecule has 1 aromatic carbocycles. The van der Waals surface area contributed by atoms with E-state index in [2.05, 4.69) is 0 Å². The summed E-state index contributed by atoms with van der Waals surface area (Å²) < 4.78 is 10.9. The minimum absolute atomic E-state index is 0.111. The van der Waals surface area contributed by atoms with Crippen molar-refractivity contribution >= 4 is 0 Å². The third kappa shape index (κ3) is 3.22. The van der Waals surface area contributed by atoms with Gasteiger partial charge in [0.2, 0.25) is 0 Å². The fourth-order valence-corrected chi connectivity index (χ4v) is 1.95. The van der Waals surface area contributed by atoms with Crippen molar-refractivity contribution in [1.29, 1.82) is 0 Å². The molecule has 1 aromatic rings. The molecule has 1 unspecified atom stereocenters. The molecule has 1 saturated heterocycles. The Labute approximate surface area is 96.5 Å². The Kier molecular flexibility index (Phi) is 3.80. The molecule has 0 spiro atoms. The predicted molar refractivity (Wildman–Crippen MR) is 63.5 cm³/mol. The average molecular weight is 221 g/mol. The van der Waals surface area contributed by atoms with E-state index in [0.29, 0.717) is 6.61 Å². The van der Waals surface area contributed by atoms with Crippen LogP contribution >= 0.6 is 0 Å². The summed E-state index contributed by atoms with van der Waals surface area (Å²) in [6.07, 6.45) is 2.92. The maximum Gasteiger partial charge on any atom is 0.119 e. The minimum Gasteiger partial charge on any atom is -0.494 e. The molecule has 1 aliphatic rings. The van der Waals surface area contributed by atoms with Gasteiger partial charge in [-0.2, -0.15) is 0 Å². The zero-order valence-corrected chi connectivity index (χ0v) is 9.52.